The van der Waals surface area contributed by atoms with Crippen molar-refractivity contribution >= 4 is 34.6 Å². The third-order valence-corrected chi connectivity index (χ3v) is 3.30. The van der Waals surface area contributed by atoms with Gasteiger partial charge in [-0.25, -0.2) is 4.98 Å². The van der Waals surface area contributed by atoms with E-state index in [2.05, 4.69) is 4.98 Å². The van der Waals surface area contributed by atoms with Gasteiger partial charge in [0.05, 0.1) is 20.7 Å². The molecule has 0 saturated carbocycles. The van der Waals surface area contributed by atoms with E-state index in [9.17, 15) is 10.1 Å². The molecule has 0 aliphatic rings. The van der Waals surface area contributed by atoms with Crippen LogP contribution >= 0.6 is 23.2 Å². The largest absolute Gasteiger partial charge is 0.430 e. The molecule has 104 valence electrons. The Morgan fingerprint density at radius 3 is 2.65 bits per heavy atom. The van der Waals surface area contributed by atoms with Gasteiger partial charge in [0.1, 0.15) is 0 Å². The predicted octanol–water partition coefficient (Wildman–Crippen LogP) is 3.98. The summed E-state index contributed by atoms with van der Waals surface area (Å²) in [6, 6.07) is 4.07. The molecule has 2 aromatic rings. The van der Waals surface area contributed by atoms with Crippen molar-refractivity contribution in [2.24, 2.45) is 0 Å². The molecule has 0 amide bonds. The van der Waals surface area contributed by atoms with Crippen LogP contribution in [0, 0.1) is 17.0 Å². The van der Waals surface area contributed by atoms with Gasteiger partial charge in [0.15, 0.2) is 0 Å². The number of benzene rings is 1. The first kappa shape index (κ1) is 14.4. The average Bonchev–Trinajstić information content (AvgIpc) is 2.38. The first-order chi connectivity index (χ1) is 9.40. The molecule has 2 rings (SSSR count). The van der Waals surface area contributed by atoms with Crippen molar-refractivity contribution in [1.82, 2.24) is 4.98 Å². The van der Waals surface area contributed by atoms with Crippen LogP contribution in [0.5, 0.6) is 11.6 Å². The normalized spacial score (nSPS) is 10.3. The van der Waals surface area contributed by atoms with Gasteiger partial charge in [-0.1, -0.05) is 23.2 Å². The average molecular weight is 314 g/mol. The Hall–Kier alpha value is -2.05. The van der Waals surface area contributed by atoms with Crippen LogP contribution in [0.4, 0.5) is 11.4 Å². The molecule has 0 atom stereocenters. The number of halogens is 2. The number of nitrogens with two attached hydrogens (primary N) is 1. The summed E-state index contributed by atoms with van der Waals surface area (Å²) in [7, 11) is 0. The fraction of sp³-hybridized carbons (Fsp3) is 0.0833. The van der Waals surface area contributed by atoms with E-state index in [1.165, 1.54) is 12.3 Å². The molecule has 0 saturated heterocycles. The van der Waals surface area contributed by atoms with Crippen LogP contribution in [-0.2, 0) is 0 Å². The fourth-order valence-corrected chi connectivity index (χ4v) is 1.78. The SMILES string of the molecule is Cc1ccnc(Oc2cc(Cl)c(Cl)cc2[N+](=O)[O-])c1N. The Balaban J connectivity index is 2.50. The zero-order valence-electron chi connectivity index (χ0n) is 10.3. The molecule has 1 aromatic carbocycles. The van der Waals surface area contributed by atoms with Crippen molar-refractivity contribution in [3.05, 3.63) is 50.1 Å². The van der Waals surface area contributed by atoms with Crippen LogP contribution in [0.2, 0.25) is 10.0 Å². The summed E-state index contributed by atoms with van der Waals surface area (Å²) in [6.07, 6.45) is 1.49. The Morgan fingerprint density at radius 1 is 1.35 bits per heavy atom. The second-order valence-corrected chi connectivity index (χ2v) is 4.75. The van der Waals surface area contributed by atoms with Crippen LogP contribution < -0.4 is 10.5 Å². The van der Waals surface area contributed by atoms with Crippen molar-refractivity contribution in [3.8, 4) is 11.6 Å². The van der Waals surface area contributed by atoms with Crippen LogP contribution in [0.25, 0.3) is 0 Å². The van der Waals surface area contributed by atoms with Gasteiger partial charge in [0, 0.05) is 18.3 Å². The van der Waals surface area contributed by atoms with Gasteiger partial charge in [-0.05, 0) is 18.6 Å². The predicted molar refractivity (Wildman–Crippen MR) is 76.6 cm³/mol. The monoisotopic (exact) mass is 313 g/mol. The summed E-state index contributed by atoms with van der Waals surface area (Å²) in [6.45, 7) is 1.77. The summed E-state index contributed by atoms with van der Waals surface area (Å²) in [5.74, 6) is 0.000638. The topological polar surface area (TPSA) is 91.3 Å². The highest BCUT2D eigenvalue weighted by molar-refractivity contribution is 6.42. The van der Waals surface area contributed by atoms with Gasteiger partial charge in [0.2, 0.25) is 11.6 Å². The maximum Gasteiger partial charge on any atom is 0.313 e. The molecule has 1 heterocycles. The number of hydrogen-bond donors (Lipinski definition) is 1. The fourth-order valence-electron chi connectivity index (χ4n) is 1.47. The molecule has 6 nitrogen and oxygen atoms in total. The molecule has 2 N–H and O–H groups in total. The quantitative estimate of drug-likeness (QED) is 0.683. The van der Waals surface area contributed by atoms with Crippen LogP contribution in [0.1, 0.15) is 5.56 Å². The van der Waals surface area contributed by atoms with E-state index in [4.69, 9.17) is 33.7 Å². The van der Waals surface area contributed by atoms with E-state index in [-0.39, 0.29) is 27.4 Å². The Morgan fingerprint density at radius 2 is 2.00 bits per heavy atom. The molecule has 0 unspecified atom stereocenters. The Kier molecular flexibility index (Phi) is 3.96. The number of hydrogen-bond acceptors (Lipinski definition) is 5. The van der Waals surface area contributed by atoms with E-state index in [1.54, 1.807) is 13.0 Å². The van der Waals surface area contributed by atoms with Gasteiger partial charge < -0.3 is 10.5 Å². The number of nitrogen functional groups attached to an aromatic ring is 1. The van der Waals surface area contributed by atoms with Crippen molar-refractivity contribution in [2.75, 3.05) is 5.73 Å². The number of nitro groups is 1. The number of anilines is 1. The van der Waals surface area contributed by atoms with Crippen molar-refractivity contribution in [3.63, 3.8) is 0 Å². The minimum Gasteiger partial charge on any atom is -0.430 e. The van der Waals surface area contributed by atoms with Crippen molar-refractivity contribution in [1.29, 1.82) is 0 Å². The molecule has 0 radical (unpaired) electrons. The second kappa shape index (κ2) is 5.52. The minimum absolute atomic E-state index is 0.0656. The maximum atomic E-state index is 11.0. The summed E-state index contributed by atoms with van der Waals surface area (Å²) in [4.78, 5) is 14.3. The highest BCUT2D eigenvalue weighted by Crippen LogP contribution is 2.39. The lowest BCUT2D eigenvalue weighted by Gasteiger charge is -2.09. The zero-order chi connectivity index (χ0) is 14.9. The third kappa shape index (κ3) is 2.76. The first-order valence-corrected chi connectivity index (χ1v) is 6.18. The summed E-state index contributed by atoms with van der Waals surface area (Å²) < 4.78 is 5.40. The van der Waals surface area contributed by atoms with E-state index in [0.717, 1.165) is 11.6 Å². The van der Waals surface area contributed by atoms with Crippen molar-refractivity contribution < 1.29 is 9.66 Å². The van der Waals surface area contributed by atoms with Gasteiger partial charge in [-0.3, -0.25) is 10.1 Å². The van der Waals surface area contributed by atoms with Crippen LogP contribution in [-0.4, -0.2) is 9.91 Å². The highest BCUT2D eigenvalue weighted by Gasteiger charge is 2.20. The van der Waals surface area contributed by atoms with Gasteiger partial charge in [0.25, 0.3) is 0 Å². The van der Waals surface area contributed by atoms with Gasteiger partial charge in [-0.15, -0.1) is 0 Å². The smallest absolute Gasteiger partial charge is 0.313 e. The molecule has 1 aromatic heterocycles. The van der Waals surface area contributed by atoms with Gasteiger partial charge in [-0.2, -0.15) is 0 Å². The lowest BCUT2D eigenvalue weighted by Crippen LogP contribution is -1.99. The van der Waals surface area contributed by atoms with E-state index < -0.39 is 4.92 Å². The molecule has 0 aliphatic heterocycles. The summed E-state index contributed by atoms with van der Waals surface area (Å²) in [5.41, 5.74) is 6.54. The molecule has 0 fully saturated rings. The number of nitrogens with zero attached hydrogens (tertiary/aromatic N) is 2. The highest BCUT2D eigenvalue weighted by atomic mass is 35.5. The lowest BCUT2D eigenvalue weighted by molar-refractivity contribution is -0.385. The van der Waals surface area contributed by atoms with Crippen molar-refractivity contribution in [2.45, 2.75) is 6.92 Å². The molecular formula is C12H9Cl2N3O3. The molecule has 8 heteroatoms. The number of aryl methyl sites for hydroxylation is 1. The second-order valence-electron chi connectivity index (χ2n) is 3.94. The standard InChI is InChI=1S/C12H9Cl2N3O3/c1-6-2-3-16-12(11(6)15)20-10-5-8(14)7(13)4-9(10)17(18)19/h2-5H,15H2,1H3. The lowest BCUT2D eigenvalue weighted by atomic mass is 10.2. The van der Waals surface area contributed by atoms with E-state index >= 15 is 0 Å². The number of ether oxygens (including phenoxy) is 1. The number of rotatable bonds is 3. The third-order valence-electron chi connectivity index (χ3n) is 2.58. The van der Waals surface area contributed by atoms with Gasteiger partial charge >= 0.3 is 5.69 Å². The first-order valence-electron chi connectivity index (χ1n) is 5.42. The summed E-state index contributed by atoms with van der Waals surface area (Å²) in [5, 5.41) is 11.2. The van der Waals surface area contributed by atoms with E-state index in [0.29, 0.717) is 5.69 Å². The van der Waals surface area contributed by atoms with Crippen LogP contribution in [0.15, 0.2) is 24.4 Å². The molecule has 0 aliphatic carbocycles. The number of nitro benzene ring substituents is 1. The van der Waals surface area contributed by atoms with E-state index in [1.807, 2.05) is 0 Å². The number of pyridine rings is 1. The Bertz CT molecular complexity index is 692. The zero-order valence-corrected chi connectivity index (χ0v) is 11.8. The minimum atomic E-state index is -0.621. The molecule has 0 spiro atoms. The maximum absolute atomic E-state index is 11.0. The molecular weight excluding hydrogens is 305 g/mol. The Labute approximate surface area is 124 Å². The number of aromatic nitrogens is 1. The van der Waals surface area contributed by atoms with Crippen LogP contribution in [0.3, 0.4) is 0 Å². The molecule has 0 bridgehead atoms. The summed E-state index contributed by atoms with van der Waals surface area (Å²) >= 11 is 11.6. The molecule has 20 heavy (non-hydrogen) atoms.